The first-order valence-corrected chi connectivity index (χ1v) is 2.91. The van der Waals surface area contributed by atoms with Crippen molar-refractivity contribution in [1.29, 1.82) is 0 Å². The fraction of sp³-hybridized carbons (Fsp3) is 0.167. The Hall–Kier alpha value is -0.630. The van der Waals surface area contributed by atoms with Gasteiger partial charge < -0.3 is 5.32 Å². The largest absolute Gasteiger partial charge is 0.356 e. The second-order valence-corrected chi connectivity index (χ2v) is 2.05. The Morgan fingerprint density at radius 1 is 1.50 bits per heavy atom. The lowest BCUT2D eigenvalue weighted by atomic mass is 10.4. The van der Waals surface area contributed by atoms with Gasteiger partial charge >= 0.3 is 0 Å². The van der Waals surface area contributed by atoms with Crippen molar-refractivity contribution in [3.05, 3.63) is 24.4 Å². The van der Waals surface area contributed by atoms with Crippen LogP contribution < -0.4 is 5.32 Å². The smallest absolute Gasteiger partial charge is 0.0831 e. The van der Waals surface area contributed by atoms with Crippen LogP contribution in [-0.4, -0.2) is 4.99 Å². The van der Waals surface area contributed by atoms with Crippen molar-refractivity contribution in [3.8, 4) is 0 Å². The summed E-state index contributed by atoms with van der Waals surface area (Å²) in [7, 11) is 0. The molecule has 1 nitrogen and oxygen atoms in total. The highest BCUT2D eigenvalue weighted by Crippen LogP contribution is 1.90. The fourth-order valence-corrected chi connectivity index (χ4v) is 0.673. The summed E-state index contributed by atoms with van der Waals surface area (Å²) < 4.78 is 0. The molecule has 1 aliphatic heterocycles. The van der Waals surface area contributed by atoms with Gasteiger partial charge in [0.05, 0.1) is 4.99 Å². The monoisotopic (exact) mass is 125 g/mol. The van der Waals surface area contributed by atoms with Gasteiger partial charge in [0.25, 0.3) is 0 Å². The van der Waals surface area contributed by atoms with Gasteiger partial charge in [-0.2, -0.15) is 0 Å². The summed E-state index contributed by atoms with van der Waals surface area (Å²) in [5.41, 5.74) is 0. The maximum absolute atomic E-state index is 4.88. The quantitative estimate of drug-likeness (QED) is 0.491. The summed E-state index contributed by atoms with van der Waals surface area (Å²) >= 11 is 4.88. The molecule has 0 bridgehead atoms. The van der Waals surface area contributed by atoms with E-state index in [0.29, 0.717) is 0 Å². The van der Waals surface area contributed by atoms with E-state index in [0.717, 1.165) is 11.4 Å². The van der Waals surface area contributed by atoms with Crippen LogP contribution in [-0.2, 0) is 0 Å². The molecule has 0 saturated carbocycles. The highest BCUT2D eigenvalue weighted by molar-refractivity contribution is 7.80. The predicted octanol–water partition coefficient (Wildman–Crippen LogP) is 1.38. The zero-order valence-electron chi connectivity index (χ0n) is 4.42. The lowest BCUT2D eigenvalue weighted by molar-refractivity contribution is 1.26. The van der Waals surface area contributed by atoms with Crippen LogP contribution in [0.25, 0.3) is 0 Å². The van der Waals surface area contributed by atoms with Gasteiger partial charge in [0.2, 0.25) is 0 Å². The van der Waals surface area contributed by atoms with Crippen molar-refractivity contribution < 1.29 is 0 Å². The molecule has 0 saturated heterocycles. The molecule has 42 valence electrons. The van der Waals surface area contributed by atoms with E-state index in [1.165, 1.54) is 0 Å². The van der Waals surface area contributed by atoms with E-state index in [2.05, 4.69) is 5.32 Å². The summed E-state index contributed by atoms with van der Waals surface area (Å²) in [5, 5.41) is 2.93. The third-order valence-electron chi connectivity index (χ3n) is 0.891. The molecule has 0 spiro atoms. The Balaban J connectivity index is 2.58. The predicted molar refractivity (Wildman–Crippen MR) is 38.6 cm³/mol. The molecule has 0 radical (unpaired) electrons. The highest BCUT2D eigenvalue weighted by Gasteiger charge is 1.88. The lowest BCUT2D eigenvalue weighted by Crippen LogP contribution is -2.11. The fourth-order valence-electron chi connectivity index (χ4n) is 0.509. The molecule has 1 rings (SSSR count). The van der Waals surface area contributed by atoms with Gasteiger partial charge in [0, 0.05) is 12.6 Å². The van der Waals surface area contributed by atoms with Crippen molar-refractivity contribution in [2.75, 3.05) is 0 Å². The number of allylic oxidation sites excluding steroid dienone is 2. The van der Waals surface area contributed by atoms with Gasteiger partial charge in [-0.1, -0.05) is 24.4 Å². The third kappa shape index (κ3) is 1.46. The Morgan fingerprint density at radius 2 is 2.38 bits per heavy atom. The van der Waals surface area contributed by atoms with Crippen LogP contribution in [0.4, 0.5) is 0 Å². The van der Waals surface area contributed by atoms with Crippen LogP contribution in [0.2, 0.25) is 0 Å². The second kappa shape index (κ2) is 2.62. The van der Waals surface area contributed by atoms with Crippen molar-refractivity contribution in [1.82, 2.24) is 5.32 Å². The Bertz CT molecular complexity index is 131. The average Bonchev–Trinajstić information content (AvgIpc) is 1.94. The average molecular weight is 125 g/mol. The Morgan fingerprint density at radius 3 is 3.25 bits per heavy atom. The standard InChI is InChI=1S/C6H7NS/c8-6-4-2-1-3-5-7-6/h1-3,5H,4H2,(H,7,8). The summed E-state index contributed by atoms with van der Waals surface area (Å²) in [6, 6.07) is 0. The van der Waals surface area contributed by atoms with Crippen LogP contribution in [0.15, 0.2) is 24.4 Å². The number of nitrogens with one attached hydrogen (secondary N) is 1. The molecule has 1 N–H and O–H groups in total. The van der Waals surface area contributed by atoms with E-state index in [9.17, 15) is 0 Å². The van der Waals surface area contributed by atoms with E-state index in [1.54, 1.807) is 0 Å². The molecule has 0 fully saturated rings. The van der Waals surface area contributed by atoms with E-state index in [4.69, 9.17) is 12.2 Å². The second-order valence-electron chi connectivity index (χ2n) is 1.56. The third-order valence-corrected chi connectivity index (χ3v) is 1.18. The molecule has 1 heterocycles. The zero-order chi connectivity index (χ0) is 5.82. The van der Waals surface area contributed by atoms with Crippen LogP contribution >= 0.6 is 12.2 Å². The first-order valence-electron chi connectivity index (χ1n) is 2.50. The molecule has 2 heteroatoms. The topological polar surface area (TPSA) is 12.0 Å². The molecule has 0 unspecified atom stereocenters. The van der Waals surface area contributed by atoms with E-state index in [-0.39, 0.29) is 0 Å². The molecule has 0 aromatic rings. The number of hydrogen-bond donors (Lipinski definition) is 1. The Kier molecular flexibility index (Phi) is 1.80. The number of thiocarbonyl (C=S) groups is 1. The minimum atomic E-state index is 0.863. The lowest BCUT2D eigenvalue weighted by Gasteiger charge is -1.93. The molecule has 0 atom stereocenters. The van der Waals surface area contributed by atoms with Gasteiger partial charge in [0.1, 0.15) is 0 Å². The first kappa shape index (κ1) is 5.51. The summed E-state index contributed by atoms with van der Waals surface area (Å²) in [5.74, 6) is 0. The highest BCUT2D eigenvalue weighted by atomic mass is 32.1. The van der Waals surface area contributed by atoms with E-state index >= 15 is 0 Å². The molecular formula is C6H7NS. The molecule has 0 aliphatic carbocycles. The SMILES string of the molecule is S=C1CC=CC=CN1. The molecule has 8 heavy (non-hydrogen) atoms. The van der Waals surface area contributed by atoms with E-state index < -0.39 is 0 Å². The summed E-state index contributed by atoms with van der Waals surface area (Å²) in [4.78, 5) is 0.884. The maximum Gasteiger partial charge on any atom is 0.0831 e. The zero-order valence-corrected chi connectivity index (χ0v) is 5.24. The molecule has 0 aromatic heterocycles. The maximum atomic E-state index is 4.88. The van der Waals surface area contributed by atoms with Crippen molar-refractivity contribution >= 4 is 17.2 Å². The minimum Gasteiger partial charge on any atom is -0.356 e. The van der Waals surface area contributed by atoms with E-state index in [1.807, 2.05) is 24.4 Å². The van der Waals surface area contributed by atoms with Gasteiger partial charge in [-0.3, -0.25) is 0 Å². The van der Waals surface area contributed by atoms with Gasteiger partial charge in [-0.25, -0.2) is 0 Å². The first-order chi connectivity index (χ1) is 3.89. The van der Waals surface area contributed by atoms with Crippen LogP contribution in [0.1, 0.15) is 6.42 Å². The number of rotatable bonds is 0. The van der Waals surface area contributed by atoms with Crippen LogP contribution in [0.5, 0.6) is 0 Å². The minimum absolute atomic E-state index is 0.863. The van der Waals surface area contributed by atoms with Gasteiger partial charge in [0.15, 0.2) is 0 Å². The number of hydrogen-bond acceptors (Lipinski definition) is 1. The summed E-state index contributed by atoms with van der Waals surface area (Å²) in [6.07, 6.45) is 8.64. The molecule has 1 aliphatic rings. The summed E-state index contributed by atoms with van der Waals surface area (Å²) in [6.45, 7) is 0. The van der Waals surface area contributed by atoms with Gasteiger partial charge in [-0.05, 0) is 6.08 Å². The Labute approximate surface area is 54.1 Å². The van der Waals surface area contributed by atoms with Crippen molar-refractivity contribution in [2.24, 2.45) is 0 Å². The molecule has 0 aromatic carbocycles. The van der Waals surface area contributed by atoms with Crippen LogP contribution in [0.3, 0.4) is 0 Å². The molecular weight excluding hydrogens is 118 g/mol. The van der Waals surface area contributed by atoms with Crippen molar-refractivity contribution in [2.45, 2.75) is 6.42 Å². The van der Waals surface area contributed by atoms with Crippen molar-refractivity contribution in [3.63, 3.8) is 0 Å². The van der Waals surface area contributed by atoms with Crippen LogP contribution in [0, 0.1) is 0 Å². The van der Waals surface area contributed by atoms with Gasteiger partial charge in [-0.15, -0.1) is 0 Å². The normalized spacial score (nSPS) is 17.8. The molecule has 0 amide bonds.